The maximum atomic E-state index is 6.48. The summed E-state index contributed by atoms with van der Waals surface area (Å²) in [5.41, 5.74) is 8.27. The fraction of sp³-hybridized carbons (Fsp3) is 0.571. The average molecular weight is 244 g/mol. The standard InChI is InChI=1S/C14H20N4/c1-3-7-14(2,15)13-17-11-9-16-8-6-12(11)18(13)10-4-5-10/h6,8-10H,3-5,7,15H2,1-2H3. The lowest BCUT2D eigenvalue weighted by molar-refractivity contribution is 0.402. The van der Waals surface area contributed by atoms with Gasteiger partial charge in [-0.3, -0.25) is 4.98 Å². The number of hydrogen-bond acceptors (Lipinski definition) is 3. The van der Waals surface area contributed by atoms with E-state index in [4.69, 9.17) is 10.7 Å². The zero-order valence-corrected chi connectivity index (χ0v) is 11.1. The van der Waals surface area contributed by atoms with Crippen LogP contribution < -0.4 is 5.73 Å². The van der Waals surface area contributed by atoms with E-state index < -0.39 is 0 Å². The minimum Gasteiger partial charge on any atom is -0.323 e. The van der Waals surface area contributed by atoms with Crippen molar-refractivity contribution >= 4 is 11.0 Å². The first-order chi connectivity index (χ1) is 8.63. The second kappa shape index (κ2) is 4.05. The predicted octanol–water partition coefficient (Wildman–Crippen LogP) is 2.74. The van der Waals surface area contributed by atoms with Crippen LogP contribution >= 0.6 is 0 Å². The van der Waals surface area contributed by atoms with Crippen LogP contribution in [0.25, 0.3) is 11.0 Å². The Kier molecular flexibility index (Phi) is 2.63. The van der Waals surface area contributed by atoms with Crippen molar-refractivity contribution in [3.8, 4) is 0 Å². The van der Waals surface area contributed by atoms with Gasteiger partial charge in [0.1, 0.15) is 11.3 Å². The van der Waals surface area contributed by atoms with E-state index in [1.807, 2.05) is 18.5 Å². The molecule has 0 radical (unpaired) electrons. The van der Waals surface area contributed by atoms with Crippen molar-refractivity contribution in [1.29, 1.82) is 0 Å². The molecule has 1 fully saturated rings. The Morgan fingerprint density at radius 1 is 1.50 bits per heavy atom. The number of hydrogen-bond donors (Lipinski definition) is 1. The third-order valence-electron chi connectivity index (χ3n) is 3.68. The lowest BCUT2D eigenvalue weighted by Gasteiger charge is -2.24. The maximum absolute atomic E-state index is 6.48. The van der Waals surface area contributed by atoms with Crippen molar-refractivity contribution < 1.29 is 0 Å². The van der Waals surface area contributed by atoms with Gasteiger partial charge < -0.3 is 10.3 Å². The molecule has 0 aliphatic heterocycles. The van der Waals surface area contributed by atoms with Crippen LogP contribution in [0.4, 0.5) is 0 Å². The van der Waals surface area contributed by atoms with Crippen LogP contribution in [0.15, 0.2) is 18.5 Å². The number of imidazole rings is 1. The Labute approximate surface area is 107 Å². The molecule has 1 aliphatic carbocycles. The van der Waals surface area contributed by atoms with Crippen LogP contribution in [-0.2, 0) is 5.54 Å². The summed E-state index contributed by atoms with van der Waals surface area (Å²) in [4.78, 5) is 8.90. The highest BCUT2D eigenvalue weighted by molar-refractivity contribution is 5.75. The SMILES string of the molecule is CCCC(C)(N)c1nc2cnccc2n1C1CC1. The van der Waals surface area contributed by atoms with Gasteiger partial charge >= 0.3 is 0 Å². The molecular formula is C14H20N4. The van der Waals surface area contributed by atoms with E-state index >= 15 is 0 Å². The summed E-state index contributed by atoms with van der Waals surface area (Å²) in [5, 5.41) is 0. The third kappa shape index (κ3) is 1.81. The first-order valence-corrected chi connectivity index (χ1v) is 6.75. The molecule has 2 N–H and O–H groups in total. The molecule has 0 spiro atoms. The van der Waals surface area contributed by atoms with Crippen LogP contribution in [0.1, 0.15) is 51.4 Å². The lowest BCUT2D eigenvalue weighted by atomic mass is 9.96. The summed E-state index contributed by atoms with van der Waals surface area (Å²) in [5.74, 6) is 1.02. The predicted molar refractivity (Wildman–Crippen MR) is 72.2 cm³/mol. The highest BCUT2D eigenvalue weighted by Crippen LogP contribution is 2.41. The second-order valence-electron chi connectivity index (χ2n) is 5.57. The zero-order chi connectivity index (χ0) is 12.8. The van der Waals surface area contributed by atoms with Gasteiger partial charge in [-0.05, 0) is 32.3 Å². The number of nitrogens with two attached hydrogens (primary N) is 1. The minimum atomic E-state index is -0.351. The van der Waals surface area contributed by atoms with E-state index in [-0.39, 0.29) is 5.54 Å². The van der Waals surface area contributed by atoms with Crippen molar-refractivity contribution in [2.45, 2.75) is 51.1 Å². The first kappa shape index (κ1) is 11.7. The first-order valence-electron chi connectivity index (χ1n) is 6.75. The summed E-state index contributed by atoms with van der Waals surface area (Å²) < 4.78 is 2.34. The van der Waals surface area contributed by atoms with Gasteiger partial charge in [0.2, 0.25) is 0 Å². The monoisotopic (exact) mass is 244 g/mol. The molecule has 0 bridgehead atoms. The smallest absolute Gasteiger partial charge is 0.130 e. The van der Waals surface area contributed by atoms with Gasteiger partial charge in [0.15, 0.2) is 0 Å². The van der Waals surface area contributed by atoms with Crippen LogP contribution in [0.3, 0.4) is 0 Å². The highest BCUT2D eigenvalue weighted by Gasteiger charge is 2.34. The molecule has 4 heteroatoms. The molecule has 2 aromatic heterocycles. The van der Waals surface area contributed by atoms with E-state index in [0.29, 0.717) is 6.04 Å². The molecule has 2 aromatic rings. The molecule has 1 saturated carbocycles. The molecule has 0 aromatic carbocycles. The summed E-state index contributed by atoms with van der Waals surface area (Å²) >= 11 is 0. The zero-order valence-electron chi connectivity index (χ0n) is 11.1. The number of fused-ring (bicyclic) bond motifs is 1. The molecule has 0 amide bonds. The molecular weight excluding hydrogens is 224 g/mol. The Bertz CT molecular complexity index is 566. The molecule has 1 unspecified atom stereocenters. The Morgan fingerprint density at radius 3 is 2.94 bits per heavy atom. The van der Waals surface area contributed by atoms with Gasteiger partial charge in [-0.15, -0.1) is 0 Å². The highest BCUT2D eigenvalue weighted by atomic mass is 15.2. The lowest BCUT2D eigenvalue weighted by Crippen LogP contribution is -2.36. The number of nitrogens with zero attached hydrogens (tertiary/aromatic N) is 3. The number of pyridine rings is 1. The van der Waals surface area contributed by atoms with E-state index in [0.717, 1.165) is 24.2 Å². The third-order valence-corrected chi connectivity index (χ3v) is 3.68. The van der Waals surface area contributed by atoms with Crippen molar-refractivity contribution in [3.05, 3.63) is 24.3 Å². The summed E-state index contributed by atoms with van der Waals surface area (Å²) in [6.45, 7) is 4.25. The van der Waals surface area contributed by atoms with Gasteiger partial charge in [-0.25, -0.2) is 4.98 Å². The minimum absolute atomic E-state index is 0.351. The fourth-order valence-corrected chi connectivity index (χ4v) is 2.69. The van der Waals surface area contributed by atoms with Crippen molar-refractivity contribution in [1.82, 2.24) is 14.5 Å². The van der Waals surface area contributed by atoms with Crippen molar-refractivity contribution in [2.75, 3.05) is 0 Å². The van der Waals surface area contributed by atoms with Gasteiger partial charge in [0.05, 0.1) is 17.3 Å². The largest absolute Gasteiger partial charge is 0.323 e. The van der Waals surface area contributed by atoms with Gasteiger partial charge in [-0.1, -0.05) is 13.3 Å². The molecule has 2 heterocycles. The topological polar surface area (TPSA) is 56.7 Å². The number of rotatable bonds is 4. The van der Waals surface area contributed by atoms with Crippen molar-refractivity contribution in [2.24, 2.45) is 5.73 Å². The molecule has 1 atom stereocenters. The summed E-state index contributed by atoms with van der Waals surface area (Å²) in [6.07, 6.45) is 8.17. The second-order valence-corrected chi connectivity index (χ2v) is 5.57. The molecule has 0 saturated heterocycles. The van der Waals surface area contributed by atoms with Crippen molar-refractivity contribution in [3.63, 3.8) is 0 Å². The van der Waals surface area contributed by atoms with E-state index in [2.05, 4.69) is 23.4 Å². The van der Waals surface area contributed by atoms with Crippen LogP contribution in [0.2, 0.25) is 0 Å². The summed E-state index contributed by atoms with van der Waals surface area (Å²) in [6, 6.07) is 2.64. The van der Waals surface area contributed by atoms with Crippen LogP contribution in [-0.4, -0.2) is 14.5 Å². The normalized spacial score (nSPS) is 19.1. The Balaban J connectivity index is 2.18. The van der Waals surface area contributed by atoms with E-state index in [1.54, 1.807) is 0 Å². The summed E-state index contributed by atoms with van der Waals surface area (Å²) in [7, 11) is 0. The molecule has 3 rings (SSSR count). The molecule has 18 heavy (non-hydrogen) atoms. The van der Waals surface area contributed by atoms with Gasteiger partial charge in [-0.2, -0.15) is 0 Å². The fourth-order valence-electron chi connectivity index (χ4n) is 2.69. The molecule has 1 aliphatic rings. The van der Waals surface area contributed by atoms with Crippen LogP contribution in [0, 0.1) is 0 Å². The van der Waals surface area contributed by atoms with E-state index in [9.17, 15) is 0 Å². The molecule has 4 nitrogen and oxygen atoms in total. The maximum Gasteiger partial charge on any atom is 0.130 e. The average Bonchev–Trinajstić information content (AvgIpc) is 3.09. The Morgan fingerprint density at radius 2 is 2.28 bits per heavy atom. The van der Waals surface area contributed by atoms with E-state index in [1.165, 1.54) is 18.4 Å². The number of aromatic nitrogens is 3. The van der Waals surface area contributed by atoms with Crippen LogP contribution in [0.5, 0.6) is 0 Å². The Hall–Kier alpha value is -1.42. The molecule has 96 valence electrons. The quantitative estimate of drug-likeness (QED) is 0.899. The van der Waals surface area contributed by atoms with Gasteiger partial charge in [0.25, 0.3) is 0 Å². The van der Waals surface area contributed by atoms with Gasteiger partial charge in [0, 0.05) is 12.2 Å².